The summed E-state index contributed by atoms with van der Waals surface area (Å²) in [6.07, 6.45) is 1.43. The van der Waals surface area contributed by atoms with Gasteiger partial charge in [-0.1, -0.05) is 11.6 Å². The zero-order valence-electron chi connectivity index (χ0n) is 16.3. The number of methoxy groups -OCH3 is 1. The molecule has 0 radical (unpaired) electrons. The minimum atomic E-state index is -1.01. The van der Waals surface area contributed by atoms with Crippen molar-refractivity contribution in [3.05, 3.63) is 27.6 Å². The van der Waals surface area contributed by atoms with Crippen molar-refractivity contribution in [2.45, 2.75) is 39.8 Å². The van der Waals surface area contributed by atoms with Crippen molar-refractivity contribution in [1.82, 2.24) is 4.90 Å². The SMILES string of the molecule is CCOc1cc(C=C2SC(=O)N(C(C)C(=O)OC)C2=O)cc(Cl)c1OC(C)C. The molecular formula is C19H22ClNO6S. The van der Waals surface area contributed by atoms with Gasteiger partial charge in [0.15, 0.2) is 11.5 Å². The summed E-state index contributed by atoms with van der Waals surface area (Å²) >= 11 is 7.09. The highest BCUT2D eigenvalue weighted by molar-refractivity contribution is 8.18. The summed E-state index contributed by atoms with van der Waals surface area (Å²) in [4.78, 5) is 37.6. The molecule has 0 N–H and O–H groups in total. The number of thioether (sulfide) groups is 1. The first-order valence-corrected chi connectivity index (χ1v) is 9.86. The third-order valence-electron chi connectivity index (χ3n) is 3.74. The molecule has 0 aromatic heterocycles. The van der Waals surface area contributed by atoms with E-state index in [1.807, 2.05) is 20.8 Å². The quantitative estimate of drug-likeness (QED) is 0.478. The van der Waals surface area contributed by atoms with Crippen LogP contribution >= 0.6 is 23.4 Å². The summed E-state index contributed by atoms with van der Waals surface area (Å²) in [7, 11) is 1.20. The van der Waals surface area contributed by atoms with Crippen molar-refractivity contribution in [2.24, 2.45) is 0 Å². The Morgan fingerprint density at radius 3 is 2.54 bits per heavy atom. The number of ether oxygens (including phenoxy) is 3. The first-order chi connectivity index (χ1) is 13.2. The van der Waals surface area contributed by atoms with Gasteiger partial charge in [-0.05, 0) is 63.2 Å². The van der Waals surface area contributed by atoms with Crippen LogP contribution in [0.25, 0.3) is 6.08 Å². The van der Waals surface area contributed by atoms with Crippen LogP contribution in [0.5, 0.6) is 11.5 Å². The van der Waals surface area contributed by atoms with Gasteiger partial charge in [0.05, 0.1) is 29.7 Å². The van der Waals surface area contributed by atoms with Crippen LogP contribution in [0.15, 0.2) is 17.0 Å². The number of carbonyl (C=O) groups is 3. The highest BCUT2D eigenvalue weighted by Crippen LogP contribution is 2.40. The summed E-state index contributed by atoms with van der Waals surface area (Å²) in [5.74, 6) is -0.370. The van der Waals surface area contributed by atoms with Gasteiger partial charge in [-0.15, -0.1) is 0 Å². The van der Waals surface area contributed by atoms with Gasteiger partial charge in [-0.2, -0.15) is 0 Å². The van der Waals surface area contributed by atoms with Crippen molar-refractivity contribution in [2.75, 3.05) is 13.7 Å². The second-order valence-electron chi connectivity index (χ2n) is 6.18. The van der Waals surface area contributed by atoms with Crippen LogP contribution in [-0.2, 0) is 14.3 Å². The van der Waals surface area contributed by atoms with Gasteiger partial charge in [0, 0.05) is 0 Å². The highest BCUT2D eigenvalue weighted by atomic mass is 35.5. The van der Waals surface area contributed by atoms with E-state index in [1.54, 1.807) is 12.1 Å². The lowest BCUT2D eigenvalue weighted by Gasteiger charge is -2.18. The normalized spacial score (nSPS) is 16.7. The molecule has 1 unspecified atom stereocenters. The highest BCUT2D eigenvalue weighted by Gasteiger charge is 2.41. The summed E-state index contributed by atoms with van der Waals surface area (Å²) in [5.41, 5.74) is 0.570. The largest absolute Gasteiger partial charge is 0.490 e. The first kappa shape index (κ1) is 22.1. The van der Waals surface area contributed by atoms with Crippen molar-refractivity contribution < 1.29 is 28.6 Å². The molecule has 2 amide bonds. The van der Waals surface area contributed by atoms with Crippen molar-refractivity contribution in [1.29, 1.82) is 0 Å². The molecule has 9 heteroatoms. The fourth-order valence-electron chi connectivity index (χ4n) is 2.53. The second kappa shape index (κ2) is 9.34. The lowest BCUT2D eigenvalue weighted by atomic mass is 10.1. The van der Waals surface area contributed by atoms with Crippen LogP contribution in [0.1, 0.15) is 33.3 Å². The Balaban J connectivity index is 2.38. The number of hydrogen-bond acceptors (Lipinski definition) is 7. The molecule has 1 saturated heterocycles. The number of halogens is 1. The third kappa shape index (κ3) is 4.80. The number of nitrogens with zero attached hydrogens (tertiary/aromatic N) is 1. The van der Waals surface area contributed by atoms with E-state index in [4.69, 9.17) is 21.1 Å². The maximum absolute atomic E-state index is 12.6. The number of imide groups is 1. The Kier molecular flexibility index (Phi) is 7.37. The Morgan fingerprint density at radius 1 is 1.29 bits per heavy atom. The van der Waals surface area contributed by atoms with Crippen LogP contribution in [0.4, 0.5) is 4.79 Å². The predicted octanol–water partition coefficient (Wildman–Crippen LogP) is 4.12. The first-order valence-electron chi connectivity index (χ1n) is 8.67. The monoisotopic (exact) mass is 427 g/mol. The molecule has 1 atom stereocenters. The van der Waals surface area contributed by atoms with E-state index in [2.05, 4.69) is 4.74 Å². The molecule has 0 bridgehead atoms. The second-order valence-corrected chi connectivity index (χ2v) is 7.58. The third-order valence-corrected chi connectivity index (χ3v) is 4.90. The number of rotatable bonds is 7. The fourth-order valence-corrected chi connectivity index (χ4v) is 3.70. The smallest absolute Gasteiger partial charge is 0.328 e. The number of hydrogen-bond donors (Lipinski definition) is 0. The predicted molar refractivity (Wildman–Crippen MR) is 108 cm³/mol. The van der Waals surface area contributed by atoms with Gasteiger partial charge >= 0.3 is 5.97 Å². The average Bonchev–Trinajstić information content (AvgIpc) is 2.90. The number of amides is 2. The lowest BCUT2D eigenvalue weighted by molar-refractivity contribution is -0.148. The van der Waals surface area contributed by atoms with Crippen molar-refractivity contribution in [3.8, 4) is 11.5 Å². The standard InChI is InChI=1S/C19H22ClNO6S/c1-6-26-14-8-12(7-13(20)16(14)27-10(2)3)9-15-17(22)21(19(24)28-15)11(4)18(23)25-5/h7-11H,6H2,1-5H3. The van der Waals surface area contributed by atoms with Crippen LogP contribution in [0, 0.1) is 0 Å². The summed E-state index contributed by atoms with van der Waals surface area (Å²) in [6, 6.07) is 2.30. The van der Waals surface area contributed by atoms with E-state index < -0.39 is 23.2 Å². The van der Waals surface area contributed by atoms with Gasteiger partial charge < -0.3 is 14.2 Å². The molecule has 1 aliphatic heterocycles. The molecular weight excluding hydrogens is 406 g/mol. The van der Waals surface area contributed by atoms with Crippen LogP contribution < -0.4 is 9.47 Å². The summed E-state index contributed by atoms with van der Waals surface area (Å²) in [6.45, 7) is 7.42. The van der Waals surface area contributed by atoms with E-state index >= 15 is 0 Å². The van der Waals surface area contributed by atoms with Crippen LogP contribution in [0.3, 0.4) is 0 Å². The molecule has 152 valence electrons. The summed E-state index contributed by atoms with van der Waals surface area (Å²) in [5, 5.41) is -0.210. The molecule has 1 aromatic rings. The fraction of sp³-hybridized carbons (Fsp3) is 0.421. The zero-order chi connectivity index (χ0) is 21.0. The topological polar surface area (TPSA) is 82.1 Å². The minimum Gasteiger partial charge on any atom is -0.490 e. The van der Waals surface area contributed by atoms with Gasteiger partial charge in [0.25, 0.3) is 11.1 Å². The van der Waals surface area contributed by atoms with Crippen molar-refractivity contribution in [3.63, 3.8) is 0 Å². The zero-order valence-corrected chi connectivity index (χ0v) is 17.8. The van der Waals surface area contributed by atoms with E-state index in [0.717, 1.165) is 16.7 Å². The maximum atomic E-state index is 12.6. The molecule has 0 spiro atoms. The number of esters is 1. The molecule has 1 fully saturated rings. The van der Waals surface area contributed by atoms with Gasteiger partial charge in [0.1, 0.15) is 6.04 Å². The maximum Gasteiger partial charge on any atom is 0.328 e. The Labute approximate surface area is 172 Å². The molecule has 1 aromatic carbocycles. The van der Waals surface area contributed by atoms with Crippen molar-refractivity contribution >= 4 is 46.6 Å². The van der Waals surface area contributed by atoms with Gasteiger partial charge in [-0.25, -0.2) is 4.79 Å². The molecule has 0 aliphatic carbocycles. The molecule has 0 saturated carbocycles. The molecule has 2 rings (SSSR count). The van der Waals surface area contributed by atoms with E-state index in [9.17, 15) is 14.4 Å². The molecule has 1 heterocycles. The Hall–Kier alpha value is -2.19. The summed E-state index contributed by atoms with van der Waals surface area (Å²) < 4.78 is 15.9. The van der Waals surface area contributed by atoms with Crippen LogP contribution in [0.2, 0.25) is 5.02 Å². The van der Waals surface area contributed by atoms with E-state index in [1.165, 1.54) is 20.1 Å². The van der Waals surface area contributed by atoms with Crippen LogP contribution in [-0.4, -0.2) is 47.9 Å². The Morgan fingerprint density at radius 2 is 1.96 bits per heavy atom. The lowest BCUT2D eigenvalue weighted by Crippen LogP contribution is -2.42. The molecule has 1 aliphatic rings. The van der Waals surface area contributed by atoms with Gasteiger partial charge in [-0.3, -0.25) is 14.5 Å². The molecule has 7 nitrogen and oxygen atoms in total. The minimum absolute atomic E-state index is 0.0983. The average molecular weight is 428 g/mol. The molecule has 28 heavy (non-hydrogen) atoms. The van der Waals surface area contributed by atoms with E-state index in [0.29, 0.717) is 28.7 Å². The van der Waals surface area contributed by atoms with Gasteiger partial charge in [0.2, 0.25) is 0 Å². The number of benzene rings is 1. The Bertz CT molecular complexity index is 823. The number of carbonyl (C=O) groups excluding carboxylic acids is 3. The van der Waals surface area contributed by atoms with E-state index in [-0.39, 0.29) is 11.0 Å².